The number of β-lactam (4-membered cyclic amide) rings is 1. The molecule has 3 aliphatic heterocycles. The van der Waals surface area contributed by atoms with Crippen molar-refractivity contribution in [3.63, 3.8) is 0 Å². The van der Waals surface area contributed by atoms with E-state index < -0.39 is 17.5 Å². The second-order valence-electron chi connectivity index (χ2n) is 9.50. The predicted octanol–water partition coefficient (Wildman–Crippen LogP) is 2.78. The lowest BCUT2D eigenvalue weighted by Crippen LogP contribution is -2.70. The van der Waals surface area contributed by atoms with E-state index in [4.69, 9.17) is 5.73 Å². The molecule has 7 atom stereocenters. The molecule has 5 N–H and O–H groups in total. The van der Waals surface area contributed by atoms with E-state index in [1.54, 1.807) is 25.6 Å². The molecule has 32 heavy (non-hydrogen) atoms. The van der Waals surface area contributed by atoms with Gasteiger partial charge in [0, 0.05) is 34.7 Å². The molecular weight excluding hydrogens is 426 g/mol. The number of nitrogens with two attached hydrogens (primary N) is 1. The van der Waals surface area contributed by atoms with Crippen LogP contribution in [0.3, 0.4) is 0 Å². The number of aliphatic hydroxyl groups is 1. The molecule has 1 aromatic carbocycles. The maximum atomic E-state index is 12.8. The molecule has 0 saturated carbocycles. The average molecular weight is 460 g/mol. The summed E-state index contributed by atoms with van der Waals surface area (Å²) in [4.78, 5) is 27.1. The minimum absolute atomic E-state index is 0.0505. The third-order valence-electron chi connectivity index (χ3n) is 7.60. The van der Waals surface area contributed by atoms with Crippen molar-refractivity contribution in [3.8, 4) is 0 Å². The fraction of sp³-hybridized carbons (Fsp3) is 0.583. The van der Waals surface area contributed by atoms with Crippen molar-refractivity contribution in [2.24, 2.45) is 17.1 Å². The predicted molar refractivity (Wildman–Crippen MR) is 125 cm³/mol. The van der Waals surface area contributed by atoms with Crippen LogP contribution in [0.4, 0.5) is 0 Å². The van der Waals surface area contributed by atoms with Crippen LogP contribution < -0.4 is 11.1 Å². The molecule has 3 heterocycles. The first-order chi connectivity index (χ1) is 15.1. The standard InChI is InChI=1S/C24H33N3O4S/c1-5-17(25)14-6-8-15(9-7-14)18-10-16(11-26-18)32-20-12(2)21-24(4,13(3)28)23(31)27(21)19(20)22(29)30/h6-9,12-13,16-18,21,26,28H,5,10-11,25H2,1-4H3,(H,29,30)/t12-,13+,16-,17?,18+,21+,24+/m0/s1. The quantitative estimate of drug-likeness (QED) is 0.463. The Morgan fingerprint density at radius 2 is 2.03 bits per heavy atom. The molecule has 1 amide bonds. The van der Waals surface area contributed by atoms with Crippen molar-refractivity contribution in [1.82, 2.24) is 10.2 Å². The second-order valence-corrected chi connectivity index (χ2v) is 10.8. The third-order valence-corrected chi connectivity index (χ3v) is 9.11. The summed E-state index contributed by atoms with van der Waals surface area (Å²) in [6.45, 7) is 8.16. The molecule has 8 heteroatoms. The molecule has 7 nitrogen and oxygen atoms in total. The number of amides is 1. The smallest absolute Gasteiger partial charge is 0.353 e. The lowest BCUT2D eigenvalue weighted by Gasteiger charge is -2.54. The zero-order valence-corrected chi connectivity index (χ0v) is 19.9. The fourth-order valence-corrected chi connectivity index (χ4v) is 6.88. The van der Waals surface area contributed by atoms with Crippen LogP contribution in [-0.4, -0.2) is 50.9 Å². The van der Waals surface area contributed by atoms with Crippen LogP contribution in [0.1, 0.15) is 63.7 Å². The first kappa shape index (κ1) is 23.3. The van der Waals surface area contributed by atoms with Gasteiger partial charge in [0.15, 0.2) is 0 Å². The number of carboxylic acid groups (broad SMARTS) is 1. The minimum atomic E-state index is -1.08. The summed E-state index contributed by atoms with van der Waals surface area (Å²) >= 11 is 1.57. The largest absolute Gasteiger partial charge is 0.477 e. The number of nitrogens with zero attached hydrogens (tertiary/aromatic N) is 1. The highest BCUT2D eigenvalue weighted by Gasteiger charge is 2.67. The Balaban J connectivity index is 1.50. The van der Waals surface area contributed by atoms with Crippen LogP contribution in [0.2, 0.25) is 0 Å². The van der Waals surface area contributed by atoms with Gasteiger partial charge >= 0.3 is 5.97 Å². The molecule has 0 radical (unpaired) electrons. The Labute approximate surface area is 193 Å². The molecule has 0 aliphatic carbocycles. The van der Waals surface area contributed by atoms with E-state index in [9.17, 15) is 19.8 Å². The highest BCUT2D eigenvalue weighted by molar-refractivity contribution is 8.03. The summed E-state index contributed by atoms with van der Waals surface area (Å²) in [6.07, 6.45) is 0.937. The first-order valence-electron chi connectivity index (χ1n) is 11.4. The SMILES string of the molecule is CCC(N)c1ccc([C@H]2C[C@H](SC3=C(C(=O)O)N4C(=O)[C@](C)([C@@H](C)O)[C@H]4[C@H]3C)CN2)cc1. The van der Waals surface area contributed by atoms with Crippen molar-refractivity contribution in [1.29, 1.82) is 0 Å². The topological polar surface area (TPSA) is 116 Å². The number of hydrogen-bond donors (Lipinski definition) is 4. The van der Waals surface area contributed by atoms with Gasteiger partial charge in [0.05, 0.1) is 17.6 Å². The van der Waals surface area contributed by atoms with E-state index in [-0.39, 0.29) is 40.9 Å². The first-order valence-corrected chi connectivity index (χ1v) is 12.2. The molecule has 3 aliphatic rings. The molecule has 0 aromatic heterocycles. The maximum absolute atomic E-state index is 12.8. The van der Waals surface area contributed by atoms with Crippen molar-refractivity contribution in [2.45, 2.75) is 70.0 Å². The molecule has 0 spiro atoms. The van der Waals surface area contributed by atoms with Gasteiger partial charge in [0.1, 0.15) is 5.70 Å². The fourth-order valence-electron chi connectivity index (χ4n) is 5.41. The third kappa shape index (κ3) is 3.48. The summed E-state index contributed by atoms with van der Waals surface area (Å²) < 4.78 is 0. The van der Waals surface area contributed by atoms with Gasteiger partial charge < -0.3 is 21.3 Å². The number of aliphatic carboxylic acids is 1. The highest BCUT2D eigenvalue weighted by atomic mass is 32.2. The number of carbonyl (C=O) groups is 2. The van der Waals surface area contributed by atoms with Crippen LogP contribution in [0, 0.1) is 11.3 Å². The Hall–Kier alpha value is -1.87. The van der Waals surface area contributed by atoms with Gasteiger partial charge in [-0.15, -0.1) is 11.8 Å². The normalized spacial score (nSPS) is 33.8. The van der Waals surface area contributed by atoms with Gasteiger partial charge in [-0.3, -0.25) is 9.69 Å². The molecule has 0 bridgehead atoms. The van der Waals surface area contributed by atoms with Crippen LogP contribution in [0.5, 0.6) is 0 Å². The van der Waals surface area contributed by atoms with Crippen molar-refractivity contribution >= 4 is 23.6 Å². The number of rotatable bonds is 7. The molecule has 1 aromatic rings. The number of fused-ring (bicyclic) bond motifs is 1. The average Bonchev–Trinajstić information content (AvgIpc) is 3.34. The second kappa shape index (κ2) is 8.48. The van der Waals surface area contributed by atoms with Gasteiger partial charge in [0.2, 0.25) is 5.91 Å². The number of aliphatic hydroxyl groups excluding tert-OH is 1. The summed E-state index contributed by atoms with van der Waals surface area (Å²) in [5.41, 5.74) is 7.60. The summed E-state index contributed by atoms with van der Waals surface area (Å²) in [7, 11) is 0. The van der Waals surface area contributed by atoms with E-state index in [1.807, 2.05) is 6.92 Å². The van der Waals surface area contributed by atoms with Gasteiger partial charge in [0.25, 0.3) is 0 Å². The van der Waals surface area contributed by atoms with E-state index in [0.29, 0.717) is 0 Å². The molecular formula is C24H33N3O4S. The molecule has 2 fully saturated rings. The van der Waals surface area contributed by atoms with E-state index in [0.717, 1.165) is 29.9 Å². The maximum Gasteiger partial charge on any atom is 0.353 e. The Morgan fingerprint density at radius 1 is 1.38 bits per heavy atom. The Kier molecular flexibility index (Phi) is 6.17. The molecule has 2 saturated heterocycles. The lowest BCUT2D eigenvalue weighted by atomic mass is 9.66. The number of benzene rings is 1. The van der Waals surface area contributed by atoms with E-state index in [2.05, 4.69) is 36.5 Å². The lowest BCUT2D eigenvalue weighted by molar-refractivity contribution is -0.181. The monoisotopic (exact) mass is 459 g/mol. The number of hydrogen-bond acceptors (Lipinski definition) is 6. The summed E-state index contributed by atoms with van der Waals surface area (Å²) in [5.74, 6) is -1.50. The number of thioether (sulfide) groups is 1. The number of nitrogens with one attached hydrogen (secondary N) is 1. The highest BCUT2D eigenvalue weighted by Crippen LogP contribution is 2.57. The van der Waals surface area contributed by atoms with Crippen molar-refractivity contribution in [2.75, 3.05) is 6.54 Å². The van der Waals surface area contributed by atoms with Crippen LogP contribution in [-0.2, 0) is 9.59 Å². The van der Waals surface area contributed by atoms with Crippen LogP contribution in [0.25, 0.3) is 0 Å². The van der Waals surface area contributed by atoms with Crippen LogP contribution >= 0.6 is 11.8 Å². The van der Waals surface area contributed by atoms with E-state index >= 15 is 0 Å². The molecule has 1 unspecified atom stereocenters. The summed E-state index contributed by atoms with van der Waals surface area (Å²) in [6, 6.07) is 8.35. The van der Waals surface area contributed by atoms with Crippen molar-refractivity contribution in [3.05, 3.63) is 46.0 Å². The van der Waals surface area contributed by atoms with E-state index in [1.165, 1.54) is 10.5 Å². The van der Waals surface area contributed by atoms with Gasteiger partial charge in [-0.05, 0) is 37.8 Å². The van der Waals surface area contributed by atoms with Gasteiger partial charge in [-0.1, -0.05) is 38.1 Å². The Bertz CT molecular complexity index is 947. The van der Waals surface area contributed by atoms with Crippen LogP contribution in [0.15, 0.2) is 34.9 Å². The minimum Gasteiger partial charge on any atom is -0.477 e. The zero-order valence-electron chi connectivity index (χ0n) is 19.0. The molecule has 174 valence electrons. The number of carbonyl (C=O) groups excluding carboxylic acids is 1. The zero-order chi connectivity index (χ0) is 23.4. The summed E-state index contributed by atoms with van der Waals surface area (Å²) in [5, 5.41) is 23.9. The van der Waals surface area contributed by atoms with Gasteiger partial charge in [-0.2, -0.15) is 0 Å². The number of carboxylic acids is 1. The van der Waals surface area contributed by atoms with Crippen molar-refractivity contribution < 1.29 is 19.8 Å². The molecule has 4 rings (SSSR count). The Morgan fingerprint density at radius 3 is 2.59 bits per heavy atom. The van der Waals surface area contributed by atoms with Gasteiger partial charge in [-0.25, -0.2) is 4.79 Å².